The third-order valence-corrected chi connectivity index (χ3v) is 4.98. The van der Waals surface area contributed by atoms with Crippen molar-refractivity contribution in [2.75, 3.05) is 24.1 Å². The monoisotopic (exact) mass is 375 g/mol. The van der Waals surface area contributed by atoms with Gasteiger partial charge in [-0.1, -0.05) is 17.7 Å². The number of hydrogen-bond donors (Lipinski definition) is 3. The molecule has 1 atom stereocenters. The molecule has 9 heteroatoms. The number of rotatable bonds is 4. The van der Waals surface area contributed by atoms with Crippen molar-refractivity contribution in [2.45, 2.75) is 25.4 Å². The summed E-state index contributed by atoms with van der Waals surface area (Å²) < 4.78 is 15.9. The minimum Gasteiger partial charge on any atom is -0.383 e. The maximum absolute atomic E-state index is 14.0. The summed E-state index contributed by atoms with van der Waals surface area (Å²) in [4.78, 5) is 8.44. The Bertz CT molecular complexity index is 916. The van der Waals surface area contributed by atoms with E-state index >= 15 is 0 Å². The van der Waals surface area contributed by atoms with Gasteiger partial charge in [-0.15, -0.1) is 0 Å². The van der Waals surface area contributed by atoms with E-state index in [0.717, 1.165) is 25.9 Å². The highest BCUT2D eigenvalue weighted by atomic mass is 35.5. The zero-order valence-corrected chi connectivity index (χ0v) is 14.8. The van der Waals surface area contributed by atoms with Gasteiger partial charge < -0.3 is 16.4 Å². The summed E-state index contributed by atoms with van der Waals surface area (Å²) in [5.74, 6) is 0.504. The molecule has 4 N–H and O–H groups in total. The van der Waals surface area contributed by atoms with Crippen molar-refractivity contribution in [2.24, 2.45) is 0 Å². The van der Waals surface area contributed by atoms with Crippen LogP contribution in [-0.2, 0) is 6.54 Å². The Morgan fingerprint density at radius 2 is 2.27 bits per heavy atom. The van der Waals surface area contributed by atoms with Crippen LogP contribution in [0.1, 0.15) is 24.4 Å². The van der Waals surface area contributed by atoms with Crippen LogP contribution in [0, 0.1) is 5.82 Å². The minimum absolute atomic E-state index is 0.188. The van der Waals surface area contributed by atoms with Crippen LogP contribution in [0.25, 0.3) is 11.0 Å². The van der Waals surface area contributed by atoms with E-state index in [1.807, 2.05) is 4.68 Å². The topological polar surface area (TPSA) is 93.7 Å². The van der Waals surface area contributed by atoms with Crippen LogP contribution < -0.4 is 16.4 Å². The molecule has 0 amide bonds. The molecule has 7 nitrogen and oxygen atoms in total. The minimum atomic E-state index is -0.366. The molecule has 1 fully saturated rings. The van der Waals surface area contributed by atoms with Gasteiger partial charge in [-0.2, -0.15) is 5.10 Å². The van der Waals surface area contributed by atoms with Gasteiger partial charge in [0.05, 0.1) is 6.04 Å². The van der Waals surface area contributed by atoms with Gasteiger partial charge in [0.25, 0.3) is 0 Å². The van der Waals surface area contributed by atoms with Gasteiger partial charge in [-0.3, -0.25) is 0 Å². The second-order valence-corrected chi connectivity index (χ2v) is 6.71. The van der Waals surface area contributed by atoms with Gasteiger partial charge >= 0.3 is 0 Å². The number of benzene rings is 1. The van der Waals surface area contributed by atoms with Crippen LogP contribution >= 0.6 is 11.6 Å². The van der Waals surface area contributed by atoms with Crippen LogP contribution in [0.15, 0.2) is 24.5 Å². The average molecular weight is 376 g/mol. The van der Waals surface area contributed by atoms with E-state index in [2.05, 4.69) is 25.7 Å². The Labute approximate surface area is 154 Å². The number of hydrogen-bond acceptors (Lipinski definition) is 6. The smallest absolute Gasteiger partial charge is 0.165 e. The van der Waals surface area contributed by atoms with Crippen molar-refractivity contribution >= 4 is 34.3 Å². The molecule has 1 saturated heterocycles. The molecule has 3 heterocycles. The molecule has 0 radical (unpaired) electrons. The third-order valence-electron chi connectivity index (χ3n) is 4.63. The number of nitrogen functional groups attached to an aromatic ring is 1. The summed E-state index contributed by atoms with van der Waals surface area (Å²) >= 11 is 6.11. The molecule has 1 aliphatic heterocycles. The number of halogens is 2. The van der Waals surface area contributed by atoms with Crippen molar-refractivity contribution in [1.82, 2.24) is 25.1 Å². The van der Waals surface area contributed by atoms with E-state index in [1.54, 1.807) is 12.1 Å². The van der Waals surface area contributed by atoms with E-state index in [0.29, 0.717) is 33.3 Å². The zero-order chi connectivity index (χ0) is 18.1. The molecular formula is C17H19ClFN7. The summed E-state index contributed by atoms with van der Waals surface area (Å²) in [6.45, 7) is 2.01. The van der Waals surface area contributed by atoms with Gasteiger partial charge in [-0.05, 0) is 31.5 Å². The number of fused-ring (bicyclic) bond motifs is 1. The third kappa shape index (κ3) is 3.06. The van der Waals surface area contributed by atoms with E-state index in [9.17, 15) is 4.39 Å². The fraction of sp³-hybridized carbons (Fsp3) is 0.353. The first-order valence-corrected chi connectivity index (χ1v) is 8.89. The molecule has 0 aliphatic carbocycles. The Morgan fingerprint density at radius 1 is 1.38 bits per heavy atom. The van der Waals surface area contributed by atoms with Crippen molar-refractivity contribution in [1.29, 1.82) is 0 Å². The molecule has 0 saturated carbocycles. The largest absolute Gasteiger partial charge is 0.383 e. The normalized spacial score (nSPS) is 17.5. The number of piperidine rings is 1. The predicted molar refractivity (Wildman–Crippen MR) is 99.6 cm³/mol. The molecule has 136 valence electrons. The Hall–Kier alpha value is -2.45. The Kier molecular flexibility index (Phi) is 4.60. The van der Waals surface area contributed by atoms with Crippen LogP contribution in [-0.4, -0.2) is 32.8 Å². The zero-order valence-electron chi connectivity index (χ0n) is 14.0. The van der Waals surface area contributed by atoms with Crippen molar-refractivity contribution < 1.29 is 4.39 Å². The molecule has 3 aromatic rings. The van der Waals surface area contributed by atoms with Gasteiger partial charge in [0.1, 0.15) is 23.3 Å². The van der Waals surface area contributed by atoms with Crippen LogP contribution in [0.5, 0.6) is 0 Å². The molecule has 1 aromatic carbocycles. The van der Waals surface area contributed by atoms with Gasteiger partial charge in [0.2, 0.25) is 0 Å². The molecule has 0 spiro atoms. The fourth-order valence-corrected chi connectivity index (χ4v) is 3.52. The molecule has 2 aromatic heterocycles. The first-order chi connectivity index (χ1) is 12.6. The summed E-state index contributed by atoms with van der Waals surface area (Å²) in [5, 5.41) is 12.2. The lowest BCUT2D eigenvalue weighted by Gasteiger charge is -2.23. The number of aromatic nitrogens is 4. The number of nitrogens with two attached hydrogens (primary N) is 1. The van der Waals surface area contributed by atoms with Crippen LogP contribution in [0.2, 0.25) is 5.02 Å². The molecule has 1 unspecified atom stereocenters. The lowest BCUT2D eigenvalue weighted by molar-refractivity contribution is 0.354. The lowest BCUT2D eigenvalue weighted by Crippen LogP contribution is -2.32. The van der Waals surface area contributed by atoms with Gasteiger partial charge in [0, 0.05) is 23.7 Å². The maximum atomic E-state index is 14.0. The number of anilines is 2. The van der Waals surface area contributed by atoms with Gasteiger partial charge in [0.15, 0.2) is 11.5 Å². The van der Waals surface area contributed by atoms with Crippen molar-refractivity contribution in [3.05, 3.63) is 40.9 Å². The first-order valence-electron chi connectivity index (χ1n) is 8.51. The quantitative estimate of drug-likeness (QED) is 0.649. The van der Waals surface area contributed by atoms with Crippen molar-refractivity contribution in [3.8, 4) is 0 Å². The van der Waals surface area contributed by atoms with Crippen LogP contribution in [0.3, 0.4) is 0 Å². The highest BCUT2D eigenvalue weighted by Gasteiger charge is 2.23. The first kappa shape index (κ1) is 17.0. The lowest BCUT2D eigenvalue weighted by atomic mass is 10.1. The maximum Gasteiger partial charge on any atom is 0.165 e. The number of nitrogens with zero attached hydrogens (tertiary/aromatic N) is 4. The summed E-state index contributed by atoms with van der Waals surface area (Å²) in [6, 6.07) is 4.80. The van der Waals surface area contributed by atoms with Crippen LogP contribution in [0.4, 0.5) is 16.0 Å². The van der Waals surface area contributed by atoms with E-state index in [-0.39, 0.29) is 18.4 Å². The molecule has 4 rings (SSSR count). The van der Waals surface area contributed by atoms with E-state index < -0.39 is 0 Å². The SMILES string of the molecule is Nc1ncnc2c1c(NCc1c(F)cccc1Cl)nn2C1CCCNC1. The Morgan fingerprint density at radius 3 is 3.04 bits per heavy atom. The standard InChI is InChI=1S/C17H19ClFN7/c18-12-4-1-5-13(19)11(12)8-22-16-14-15(20)23-9-24-17(14)26(25-16)10-3-2-6-21-7-10/h1,4-5,9-10,21H,2-3,6-8H2,(H,22,25)(H2,20,23,24). The summed E-state index contributed by atoms with van der Waals surface area (Å²) in [6.07, 6.45) is 3.51. The van der Waals surface area contributed by atoms with E-state index in [1.165, 1.54) is 12.4 Å². The second-order valence-electron chi connectivity index (χ2n) is 6.30. The summed E-state index contributed by atoms with van der Waals surface area (Å²) in [7, 11) is 0. The molecule has 26 heavy (non-hydrogen) atoms. The van der Waals surface area contributed by atoms with Gasteiger partial charge in [-0.25, -0.2) is 19.0 Å². The molecule has 1 aliphatic rings. The predicted octanol–water partition coefficient (Wildman–Crippen LogP) is 2.74. The van der Waals surface area contributed by atoms with E-state index in [4.69, 9.17) is 17.3 Å². The highest BCUT2D eigenvalue weighted by Crippen LogP contribution is 2.30. The molecular weight excluding hydrogens is 357 g/mol. The summed E-state index contributed by atoms with van der Waals surface area (Å²) in [5.41, 5.74) is 7.12. The average Bonchev–Trinajstić information content (AvgIpc) is 3.02. The molecule has 0 bridgehead atoms. The second kappa shape index (κ2) is 7.05. The Balaban J connectivity index is 1.70. The number of nitrogens with one attached hydrogen (secondary N) is 2. The van der Waals surface area contributed by atoms with Crippen molar-refractivity contribution in [3.63, 3.8) is 0 Å². The highest BCUT2D eigenvalue weighted by molar-refractivity contribution is 6.31. The fourth-order valence-electron chi connectivity index (χ4n) is 3.29.